The zero-order valence-corrected chi connectivity index (χ0v) is 13.8. The summed E-state index contributed by atoms with van der Waals surface area (Å²) in [5.74, 6) is 0.487. The van der Waals surface area contributed by atoms with E-state index in [1.165, 1.54) is 10.7 Å². The lowest BCUT2D eigenvalue weighted by Gasteiger charge is -2.29. The SMILES string of the molecule is O=[N+]([O-])c1cnc2ccc(N3CCc4c(Cl)cc(Cl)cc4C3)nn12. The Kier molecular flexibility index (Phi) is 3.54. The van der Waals surface area contributed by atoms with Crippen LogP contribution >= 0.6 is 23.2 Å². The third-order valence-corrected chi connectivity index (χ3v) is 4.64. The first-order valence-electron chi connectivity index (χ1n) is 7.24. The number of rotatable bonds is 2. The number of benzene rings is 1. The number of imidazole rings is 1. The standard InChI is InChI=1S/C15H11Cl2N5O2/c16-10-5-9-8-20(4-3-11(9)12(17)6-10)14-2-1-13-18-7-15(22(23)24)21(13)19-14/h1-2,5-7H,3-4,8H2. The summed E-state index contributed by atoms with van der Waals surface area (Å²) in [4.78, 5) is 16.6. The van der Waals surface area contributed by atoms with E-state index in [0.717, 1.165) is 24.1 Å². The van der Waals surface area contributed by atoms with Crippen molar-refractivity contribution >= 4 is 40.5 Å². The van der Waals surface area contributed by atoms with Gasteiger partial charge in [-0.15, -0.1) is 0 Å². The molecule has 1 aromatic carbocycles. The molecular formula is C15H11Cl2N5O2. The second-order valence-electron chi connectivity index (χ2n) is 5.53. The van der Waals surface area contributed by atoms with Gasteiger partial charge in [0.2, 0.25) is 5.65 Å². The minimum atomic E-state index is -0.498. The van der Waals surface area contributed by atoms with Gasteiger partial charge in [-0.1, -0.05) is 32.8 Å². The van der Waals surface area contributed by atoms with Crippen LogP contribution in [0.5, 0.6) is 0 Å². The van der Waals surface area contributed by atoms with Crippen LogP contribution in [0.25, 0.3) is 5.65 Å². The predicted molar refractivity (Wildman–Crippen MR) is 90.9 cm³/mol. The highest BCUT2D eigenvalue weighted by atomic mass is 35.5. The summed E-state index contributed by atoms with van der Waals surface area (Å²) < 4.78 is 1.25. The van der Waals surface area contributed by atoms with Crippen molar-refractivity contribution in [3.63, 3.8) is 0 Å². The molecule has 0 unspecified atom stereocenters. The van der Waals surface area contributed by atoms with Crippen LogP contribution in [-0.4, -0.2) is 26.1 Å². The molecule has 3 heterocycles. The highest BCUT2D eigenvalue weighted by molar-refractivity contribution is 6.35. The van der Waals surface area contributed by atoms with Crippen molar-refractivity contribution in [2.45, 2.75) is 13.0 Å². The Hall–Kier alpha value is -2.38. The molecular weight excluding hydrogens is 353 g/mol. The number of halogens is 2. The van der Waals surface area contributed by atoms with Gasteiger partial charge < -0.3 is 15.0 Å². The topological polar surface area (TPSA) is 76.6 Å². The zero-order valence-electron chi connectivity index (χ0n) is 12.3. The van der Waals surface area contributed by atoms with Crippen LogP contribution in [0, 0.1) is 10.1 Å². The van der Waals surface area contributed by atoms with Crippen molar-refractivity contribution in [3.05, 3.63) is 61.7 Å². The maximum Gasteiger partial charge on any atom is 0.368 e. The van der Waals surface area contributed by atoms with Gasteiger partial charge in [-0.05, 0) is 40.7 Å². The van der Waals surface area contributed by atoms with Gasteiger partial charge in [0.15, 0.2) is 5.82 Å². The Morgan fingerprint density at radius 2 is 2.08 bits per heavy atom. The second kappa shape index (κ2) is 5.61. The van der Waals surface area contributed by atoms with Gasteiger partial charge in [-0.2, -0.15) is 0 Å². The summed E-state index contributed by atoms with van der Waals surface area (Å²) in [6.07, 6.45) is 1.97. The van der Waals surface area contributed by atoms with Crippen LogP contribution < -0.4 is 4.90 Å². The monoisotopic (exact) mass is 363 g/mol. The van der Waals surface area contributed by atoms with Crippen LogP contribution in [0.2, 0.25) is 10.0 Å². The van der Waals surface area contributed by atoms with Gasteiger partial charge in [-0.3, -0.25) is 0 Å². The van der Waals surface area contributed by atoms with Crippen molar-refractivity contribution in [1.82, 2.24) is 14.6 Å². The van der Waals surface area contributed by atoms with Crippen molar-refractivity contribution in [2.75, 3.05) is 11.4 Å². The van der Waals surface area contributed by atoms with E-state index >= 15 is 0 Å². The number of aromatic nitrogens is 3. The largest absolute Gasteiger partial charge is 0.368 e. The summed E-state index contributed by atoms with van der Waals surface area (Å²) in [5, 5.41) is 16.7. The van der Waals surface area contributed by atoms with Crippen molar-refractivity contribution in [2.24, 2.45) is 0 Å². The molecule has 0 radical (unpaired) electrons. The van der Waals surface area contributed by atoms with Gasteiger partial charge in [0, 0.05) is 29.2 Å². The van der Waals surface area contributed by atoms with E-state index in [1.54, 1.807) is 12.1 Å². The van der Waals surface area contributed by atoms with Crippen molar-refractivity contribution in [3.8, 4) is 0 Å². The predicted octanol–water partition coefficient (Wildman–Crippen LogP) is 3.51. The number of hydrogen-bond acceptors (Lipinski definition) is 5. The Morgan fingerprint density at radius 3 is 2.88 bits per heavy atom. The normalized spacial score (nSPS) is 14.0. The summed E-state index contributed by atoms with van der Waals surface area (Å²) in [7, 11) is 0. The molecule has 24 heavy (non-hydrogen) atoms. The first kappa shape index (κ1) is 15.2. The third kappa shape index (κ3) is 2.46. The van der Waals surface area contributed by atoms with Crippen LogP contribution in [0.4, 0.5) is 11.6 Å². The molecule has 0 saturated heterocycles. The average Bonchev–Trinajstić information content (AvgIpc) is 2.97. The molecule has 0 spiro atoms. The fourth-order valence-electron chi connectivity index (χ4n) is 2.95. The van der Waals surface area contributed by atoms with E-state index in [2.05, 4.69) is 10.1 Å². The third-order valence-electron chi connectivity index (χ3n) is 4.09. The number of fused-ring (bicyclic) bond motifs is 2. The van der Waals surface area contributed by atoms with Crippen LogP contribution in [0.1, 0.15) is 11.1 Å². The van der Waals surface area contributed by atoms with Gasteiger partial charge in [0.1, 0.15) is 6.20 Å². The summed E-state index contributed by atoms with van der Waals surface area (Å²) in [6.45, 7) is 1.31. The van der Waals surface area contributed by atoms with E-state index in [4.69, 9.17) is 23.2 Å². The summed E-state index contributed by atoms with van der Waals surface area (Å²) >= 11 is 12.3. The Morgan fingerprint density at radius 1 is 1.25 bits per heavy atom. The molecule has 0 bridgehead atoms. The maximum atomic E-state index is 11.1. The molecule has 1 aliphatic heterocycles. The highest BCUT2D eigenvalue weighted by Gasteiger charge is 2.23. The molecule has 4 rings (SSSR count). The van der Waals surface area contributed by atoms with E-state index in [1.807, 2.05) is 17.0 Å². The minimum Gasteiger partial charge on any atom is -0.358 e. The van der Waals surface area contributed by atoms with Crippen LogP contribution in [-0.2, 0) is 13.0 Å². The number of anilines is 1. The Labute approximate surface area is 146 Å². The maximum absolute atomic E-state index is 11.1. The smallest absolute Gasteiger partial charge is 0.358 e. The van der Waals surface area contributed by atoms with Crippen molar-refractivity contribution < 1.29 is 4.92 Å². The molecule has 0 saturated carbocycles. The van der Waals surface area contributed by atoms with Gasteiger partial charge >= 0.3 is 5.82 Å². The molecule has 0 amide bonds. The molecule has 0 aliphatic carbocycles. The summed E-state index contributed by atoms with van der Waals surface area (Å²) in [5.41, 5.74) is 2.57. The lowest BCUT2D eigenvalue weighted by atomic mass is 10.00. The minimum absolute atomic E-state index is 0.157. The lowest BCUT2D eigenvalue weighted by molar-refractivity contribution is -0.391. The molecule has 0 fully saturated rings. The summed E-state index contributed by atoms with van der Waals surface area (Å²) in [6, 6.07) is 7.17. The highest BCUT2D eigenvalue weighted by Crippen LogP contribution is 2.31. The second-order valence-corrected chi connectivity index (χ2v) is 6.38. The number of nitrogens with zero attached hydrogens (tertiary/aromatic N) is 5. The van der Waals surface area contributed by atoms with Gasteiger partial charge in [-0.25, -0.2) is 4.98 Å². The lowest BCUT2D eigenvalue weighted by Crippen LogP contribution is -2.31. The van der Waals surface area contributed by atoms with E-state index in [9.17, 15) is 10.1 Å². The average molecular weight is 364 g/mol. The molecule has 0 N–H and O–H groups in total. The van der Waals surface area contributed by atoms with Crippen molar-refractivity contribution in [1.29, 1.82) is 0 Å². The van der Waals surface area contributed by atoms with E-state index in [0.29, 0.717) is 28.1 Å². The Balaban J connectivity index is 1.73. The molecule has 9 heteroatoms. The fraction of sp³-hybridized carbons (Fsp3) is 0.200. The molecule has 3 aromatic rings. The Bertz CT molecular complexity index is 972. The van der Waals surface area contributed by atoms with Crippen LogP contribution in [0.15, 0.2) is 30.5 Å². The molecule has 0 atom stereocenters. The number of hydrogen-bond donors (Lipinski definition) is 0. The zero-order chi connectivity index (χ0) is 16.8. The molecule has 1 aliphatic rings. The first-order valence-corrected chi connectivity index (χ1v) is 7.99. The first-order chi connectivity index (χ1) is 11.5. The quantitative estimate of drug-likeness (QED) is 0.514. The van der Waals surface area contributed by atoms with E-state index < -0.39 is 4.92 Å². The van der Waals surface area contributed by atoms with Gasteiger partial charge in [0.25, 0.3) is 0 Å². The van der Waals surface area contributed by atoms with Gasteiger partial charge in [0.05, 0.1) is 0 Å². The molecule has 2 aromatic heterocycles. The van der Waals surface area contributed by atoms with E-state index in [-0.39, 0.29) is 5.82 Å². The molecule has 7 nitrogen and oxygen atoms in total. The fourth-order valence-corrected chi connectivity index (χ4v) is 3.58. The number of nitro groups is 1. The van der Waals surface area contributed by atoms with Crippen LogP contribution in [0.3, 0.4) is 0 Å². The molecule has 122 valence electrons.